The first-order valence-corrected chi connectivity index (χ1v) is 6.58. The minimum absolute atomic E-state index is 0.0172. The molecule has 0 radical (unpaired) electrons. The van der Waals surface area contributed by atoms with Crippen LogP contribution in [0.4, 0.5) is 4.79 Å². The fourth-order valence-electron chi connectivity index (χ4n) is 3.06. The lowest BCUT2D eigenvalue weighted by Crippen LogP contribution is -2.51. The third-order valence-corrected chi connectivity index (χ3v) is 4.05. The van der Waals surface area contributed by atoms with Crippen molar-refractivity contribution in [3.05, 3.63) is 0 Å². The third-order valence-electron chi connectivity index (χ3n) is 4.05. The first-order chi connectivity index (χ1) is 8.63. The van der Waals surface area contributed by atoms with E-state index in [1.807, 2.05) is 0 Å². The average molecular weight is 255 g/mol. The molecule has 2 aliphatic rings. The quantitative estimate of drug-likeness (QED) is 0.746. The van der Waals surface area contributed by atoms with Gasteiger partial charge in [0.25, 0.3) is 0 Å². The Balaban J connectivity index is 1.92. The van der Waals surface area contributed by atoms with Crippen LogP contribution in [0.3, 0.4) is 0 Å². The molecule has 0 aliphatic carbocycles. The number of hydrogen-bond acceptors (Lipinski definition) is 3. The molecule has 6 heteroatoms. The Morgan fingerprint density at radius 1 is 1.17 bits per heavy atom. The van der Waals surface area contributed by atoms with E-state index < -0.39 is 6.09 Å². The smallest absolute Gasteiger partial charge is 0.407 e. The summed E-state index contributed by atoms with van der Waals surface area (Å²) in [6.45, 7) is 2.11. The molecule has 18 heavy (non-hydrogen) atoms. The van der Waals surface area contributed by atoms with Crippen LogP contribution in [0.25, 0.3) is 0 Å². The molecule has 102 valence electrons. The summed E-state index contributed by atoms with van der Waals surface area (Å²) >= 11 is 0. The van der Waals surface area contributed by atoms with Crippen LogP contribution in [0.2, 0.25) is 0 Å². The molecule has 0 saturated carbocycles. The molecule has 1 unspecified atom stereocenters. The van der Waals surface area contributed by atoms with Gasteiger partial charge in [-0.05, 0) is 32.2 Å². The maximum Gasteiger partial charge on any atom is 0.407 e. The molecular weight excluding hydrogens is 234 g/mol. The molecule has 2 heterocycles. The van der Waals surface area contributed by atoms with E-state index in [-0.39, 0.29) is 11.9 Å². The van der Waals surface area contributed by atoms with Crippen molar-refractivity contribution < 1.29 is 14.7 Å². The highest BCUT2D eigenvalue weighted by Gasteiger charge is 2.36. The van der Waals surface area contributed by atoms with Crippen LogP contribution >= 0.6 is 0 Å². The summed E-state index contributed by atoms with van der Waals surface area (Å²) < 4.78 is 0. The molecule has 2 rings (SSSR count). The summed E-state index contributed by atoms with van der Waals surface area (Å²) in [7, 11) is 1.67. The van der Waals surface area contributed by atoms with Crippen molar-refractivity contribution in [2.75, 3.05) is 26.7 Å². The zero-order valence-electron chi connectivity index (χ0n) is 10.8. The number of amides is 2. The molecule has 0 aromatic heterocycles. The van der Waals surface area contributed by atoms with Crippen LogP contribution < -0.4 is 5.32 Å². The summed E-state index contributed by atoms with van der Waals surface area (Å²) in [5.74, 6) is 0.0909. The Bertz CT molecular complexity index is 327. The summed E-state index contributed by atoms with van der Waals surface area (Å²) in [6, 6.07) is 0.335. The fraction of sp³-hybridized carbons (Fsp3) is 0.833. The Kier molecular flexibility index (Phi) is 4.06. The normalized spacial score (nSPS) is 26.3. The summed E-state index contributed by atoms with van der Waals surface area (Å²) in [6.07, 6.45) is 2.80. The minimum atomic E-state index is -0.835. The van der Waals surface area contributed by atoms with Gasteiger partial charge in [0.2, 0.25) is 5.91 Å². The zero-order valence-corrected chi connectivity index (χ0v) is 10.8. The molecule has 2 N–H and O–H groups in total. The van der Waals surface area contributed by atoms with Crippen molar-refractivity contribution >= 4 is 12.0 Å². The summed E-state index contributed by atoms with van der Waals surface area (Å²) in [5.41, 5.74) is 0. The van der Waals surface area contributed by atoms with E-state index in [1.165, 1.54) is 4.90 Å². The van der Waals surface area contributed by atoms with Gasteiger partial charge in [-0.2, -0.15) is 0 Å². The number of carbonyl (C=O) groups excluding carboxylic acids is 1. The summed E-state index contributed by atoms with van der Waals surface area (Å²) in [4.78, 5) is 26.4. The van der Waals surface area contributed by atoms with Gasteiger partial charge in [0, 0.05) is 26.2 Å². The number of carboxylic acid groups (broad SMARTS) is 1. The van der Waals surface area contributed by atoms with Crippen LogP contribution in [0.1, 0.15) is 25.7 Å². The Labute approximate surface area is 107 Å². The second-order valence-corrected chi connectivity index (χ2v) is 5.01. The number of nitrogens with zero attached hydrogens (tertiary/aromatic N) is 2. The molecule has 2 amide bonds. The van der Waals surface area contributed by atoms with Gasteiger partial charge >= 0.3 is 6.09 Å². The lowest BCUT2D eigenvalue weighted by atomic mass is 10.0. The van der Waals surface area contributed by atoms with Gasteiger partial charge in [-0.3, -0.25) is 9.69 Å². The van der Waals surface area contributed by atoms with Crippen LogP contribution in [0.5, 0.6) is 0 Å². The molecule has 0 bridgehead atoms. The number of piperidine rings is 1. The van der Waals surface area contributed by atoms with Crippen molar-refractivity contribution in [3.8, 4) is 0 Å². The van der Waals surface area contributed by atoms with Crippen molar-refractivity contribution in [1.29, 1.82) is 0 Å². The largest absolute Gasteiger partial charge is 0.465 e. The van der Waals surface area contributed by atoms with Gasteiger partial charge in [0.05, 0.1) is 6.04 Å². The second kappa shape index (κ2) is 5.56. The highest BCUT2D eigenvalue weighted by Crippen LogP contribution is 2.26. The Hall–Kier alpha value is -1.30. The van der Waals surface area contributed by atoms with E-state index in [0.29, 0.717) is 19.1 Å². The first-order valence-electron chi connectivity index (χ1n) is 6.58. The van der Waals surface area contributed by atoms with E-state index in [1.54, 1.807) is 7.05 Å². The molecule has 6 nitrogen and oxygen atoms in total. The van der Waals surface area contributed by atoms with Crippen LogP contribution in [0, 0.1) is 0 Å². The molecule has 2 saturated heterocycles. The molecule has 0 spiro atoms. The monoisotopic (exact) mass is 255 g/mol. The molecule has 0 aromatic rings. The maximum absolute atomic E-state index is 11.8. The number of likely N-dealkylation sites (tertiary alicyclic amines) is 2. The molecule has 2 fully saturated rings. The van der Waals surface area contributed by atoms with E-state index in [2.05, 4.69) is 10.2 Å². The van der Waals surface area contributed by atoms with Crippen LogP contribution in [-0.2, 0) is 4.79 Å². The van der Waals surface area contributed by atoms with E-state index in [9.17, 15) is 9.59 Å². The number of nitrogens with one attached hydrogen (secondary N) is 1. The predicted octanol–water partition coefficient (Wildman–Crippen LogP) is 0.339. The molecule has 2 aliphatic heterocycles. The van der Waals surface area contributed by atoms with Crippen LogP contribution in [-0.4, -0.2) is 65.7 Å². The van der Waals surface area contributed by atoms with Gasteiger partial charge in [-0.25, -0.2) is 4.79 Å². The second-order valence-electron chi connectivity index (χ2n) is 5.01. The lowest BCUT2D eigenvalue weighted by Gasteiger charge is -2.37. The fourth-order valence-corrected chi connectivity index (χ4v) is 3.06. The zero-order chi connectivity index (χ0) is 13.1. The van der Waals surface area contributed by atoms with E-state index in [4.69, 9.17) is 5.11 Å². The highest BCUT2D eigenvalue weighted by molar-refractivity contribution is 5.81. The molecule has 1 atom stereocenters. The average Bonchev–Trinajstić information content (AvgIpc) is 2.87. The van der Waals surface area contributed by atoms with Crippen molar-refractivity contribution in [3.63, 3.8) is 0 Å². The van der Waals surface area contributed by atoms with Gasteiger partial charge in [0.15, 0.2) is 0 Å². The maximum atomic E-state index is 11.8. The van der Waals surface area contributed by atoms with Gasteiger partial charge in [-0.15, -0.1) is 0 Å². The predicted molar refractivity (Wildman–Crippen MR) is 66.4 cm³/mol. The number of rotatable bonds is 2. The molecular formula is C12H21N3O3. The Morgan fingerprint density at radius 3 is 2.39 bits per heavy atom. The van der Waals surface area contributed by atoms with E-state index in [0.717, 1.165) is 32.2 Å². The molecule has 0 aromatic carbocycles. The Morgan fingerprint density at radius 2 is 1.83 bits per heavy atom. The third kappa shape index (κ3) is 2.58. The highest BCUT2D eigenvalue weighted by atomic mass is 16.4. The number of hydrogen-bond donors (Lipinski definition) is 2. The summed E-state index contributed by atoms with van der Waals surface area (Å²) in [5, 5.41) is 11.6. The van der Waals surface area contributed by atoms with Crippen molar-refractivity contribution in [1.82, 2.24) is 15.1 Å². The van der Waals surface area contributed by atoms with Crippen LogP contribution in [0.15, 0.2) is 0 Å². The minimum Gasteiger partial charge on any atom is -0.465 e. The van der Waals surface area contributed by atoms with Crippen molar-refractivity contribution in [2.24, 2.45) is 0 Å². The van der Waals surface area contributed by atoms with Gasteiger partial charge in [0.1, 0.15) is 0 Å². The number of likely N-dealkylation sites (N-methyl/N-ethyl adjacent to an activating group) is 1. The first kappa shape index (κ1) is 13.1. The van der Waals surface area contributed by atoms with Gasteiger partial charge < -0.3 is 15.3 Å². The lowest BCUT2D eigenvalue weighted by molar-refractivity contribution is -0.126. The SMILES string of the molecule is CNC(=O)C1CCCN1C1CCN(C(=O)O)CC1. The van der Waals surface area contributed by atoms with E-state index >= 15 is 0 Å². The standard InChI is InChI=1S/C12H21N3O3/c1-13-11(16)10-3-2-6-15(10)9-4-7-14(8-5-9)12(17)18/h9-10H,2-8H2,1H3,(H,13,16)(H,17,18). The van der Waals surface area contributed by atoms with Gasteiger partial charge in [-0.1, -0.05) is 0 Å². The van der Waals surface area contributed by atoms with Crippen molar-refractivity contribution in [2.45, 2.75) is 37.8 Å². The topological polar surface area (TPSA) is 72.9 Å². The number of carbonyl (C=O) groups is 2.